The lowest BCUT2D eigenvalue weighted by Gasteiger charge is -2.23. The van der Waals surface area contributed by atoms with Crippen molar-refractivity contribution in [3.63, 3.8) is 0 Å². The van der Waals surface area contributed by atoms with E-state index in [1.807, 2.05) is 0 Å². The van der Waals surface area contributed by atoms with Gasteiger partial charge in [0.2, 0.25) is 5.82 Å². The van der Waals surface area contributed by atoms with Gasteiger partial charge in [-0.2, -0.15) is 36.4 Å². The molecule has 0 radical (unpaired) electrons. The molecule has 14 heteroatoms. The lowest BCUT2D eigenvalue weighted by atomic mass is 9.94. The molecule has 0 bridgehead atoms. The summed E-state index contributed by atoms with van der Waals surface area (Å²) in [6.07, 6.45) is -7.17. The summed E-state index contributed by atoms with van der Waals surface area (Å²) in [6, 6.07) is 2.60. The molecule has 0 aliphatic carbocycles. The number of hydrogen-bond acceptors (Lipinski definition) is 6. The molecule has 0 unspecified atom stereocenters. The van der Waals surface area contributed by atoms with Gasteiger partial charge in [-0.3, -0.25) is 4.79 Å². The number of H-pyrrole nitrogens is 1. The normalized spacial score (nSPS) is 15.7. The molecular formula is C21H16F6N6O2. The van der Waals surface area contributed by atoms with E-state index in [1.165, 1.54) is 16.8 Å². The van der Waals surface area contributed by atoms with Crippen LogP contribution in [-0.4, -0.2) is 37.8 Å². The van der Waals surface area contributed by atoms with Gasteiger partial charge in [0, 0.05) is 17.5 Å². The Bertz CT molecular complexity index is 1450. The average molecular weight is 498 g/mol. The van der Waals surface area contributed by atoms with Gasteiger partial charge in [0.05, 0.1) is 23.0 Å². The predicted molar refractivity (Wildman–Crippen MR) is 109 cm³/mol. The Kier molecular flexibility index (Phi) is 5.42. The lowest BCUT2D eigenvalue weighted by Crippen LogP contribution is -2.28. The minimum Gasteiger partial charge on any atom is -0.333 e. The van der Waals surface area contributed by atoms with Gasteiger partial charge in [0.1, 0.15) is 11.2 Å². The summed E-state index contributed by atoms with van der Waals surface area (Å²) in [5.74, 6) is -0.744. The number of halogens is 6. The van der Waals surface area contributed by atoms with Crippen molar-refractivity contribution < 1.29 is 30.9 Å². The van der Waals surface area contributed by atoms with E-state index in [0.29, 0.717) is 17.8 Å². The van der Waals surface area contributed by atoms with Crippen LogP contribution < -0.4 is 10.9 Å². The van der Waals surface area contributed by atoms with E-state index in [2.05, 4.69) is 25.5 Å². The van der Waals surface area contributed by atoms with Crippen LogP contribution in [0.2, 0.25) is 0 Å². The number of nitrogens with one attached hydrogen (secondary N) is 2. The molecule has 0 spiro atoms. The first-order chi connectivity index (χ1) is 16.5. The summed E-state index contributed by atoms with van der Waals surface area (Å²) in [6.45, 7) is 1.55. The summed E-state index contributed by atoms with van der Waals surface area (Å²) in [5, 5.41) is 11.1. The standard InChI is InChI=1S/C21H16F6N6O2/c22-20(23,24)11-1-2-12(14(7-11)21(25,26)27)17-31-19(35-32-17)13-9-29-33-15(8-16(34)30-18(13)33)10-3-5-28-6-4-10/h1-2,7-10,28H,3-6H2,(H,30,34). The Morgan fingerprint density at radius 3 is 2.43 bits per heavy atom. The molecule has 1 fully saturated rings. The van der Waals surface area contributed by atoms with E-state index < -0.39 is 40.4 Å². The number of nitrogens with zero attached hydrogens (tertiary/aromatic N) is 4. The van der Waals surface area contributed by atoms with Gasteiger partial charge < -0.3 is 14.8 Å². The van der Waals surface area contributed by atoms with Crippen LogP contribution in [0.5, 0.6) is 0 Å². The van der Waals surface area contributed by atoms with E-state index in [-0.39, 0.29) is 29.1 Å². The number of rotatable bonds is 3. The first-order valence-electron chi connectivity index (χ1n) is 10.5. The Hall–Kier alpha value is -3.68. The zero-order chi connectivity index (χ0) is 25.0. The lowest BCUT2D eigenvalue weighted by molar-refractivity contribution is -0.142. The van der Waals surface area contributed by atoms with Crippen LogP contribution in [0.4, 0.5) is 26.3 Å². The number of piperidine rings is 1. The summed E-state index contributed by atoms with van der Waals surface area (Å²) in [5.41, 5.74) is -3.06. The highest BCUT2D eigenvalue weighted by Crippen LogP contribution is 2.40. The van der Waals surface area contributed by atoms with E-state index in [9.17, 15) is 31.1 Å². The fourth-order valence-corrected chi connectivity index (χ4v) is 4.17. The van der Waals surface area contributed by atoms with Crippen LogP contribution in [0.3, 0.4) is 0 Å². The highest BCUT2D eigenvalue weighted by atomic mass is 19.4. The number of aromatic amines is 1. The molecular weight excluding hydrogens is 482 g/mol. The smallest absolute Gasteiger partial charge is 0.333 e. The zero-order valence-corrected chi connectivity index (χ0v) is 17.7. The van der Waals surface area contributed by atoms with Crippen LogP contribution in [0.15, 0.2) is 39.8 Å². The Labute approximate surface area is 192 Å². The number of benzene rings is 1. The van der Waals surface area contributed by atoms with Gasteiger partial charge in [-0.15, -0.1) is 0 Å². The van der Waals surface area contributed by atoms with Crippen molar-refractivity contribution in [1.29, 1.82) is 0 Å². The number of aromatic nitrogens is 5. The highest BCUT2D eigenvalue weighted by Gasteiger charge is 2.39. The predicted octanol–water partition coefficient (Wildman–Crippen LogP) is 4.24. The van der Waals surface area contributed by atoms with Crippen LogP contribution in [0.1, 0.15) is 35.6 Å². The maximum Gasteiger partial charge on any atom is 0.417 e. The highest BCUT2D eigenvalue weighted by molar-refractivity contribution is 5.73. The van der Waals surface area contributed by atoms with E-state index in [1.54, 1.807) is 0 Å². The molecule has 35 heavy (non-hydrogen) atoms. The van der Waals surface area contributed by atoms with Crippen molar-refractivity contribution in [1.82, 2.24) is 30.1 Å². The molecule has 2 N–H and O–H groups in total. The quantitative estimate of drug-likeness (QED) is 0.410. The minimum atomic E-state index is -5.10. The SMILES string of the molecule is O=c1cc(C2CCNCC2)n2ncc(-c3nc(-c4ccc(C(F)(F)F)cc4C(F)(F)F)no3)c2[nH]1. The third kappa shape index (κ3) is 4.29. The van der Waals surface area contributed by atoms with Gasteiger partial charge in [-0.1, -0.05) is 5.16 Å². The van der Waals surface area contributed by atoms with Crippen LogP contribution in [0.25, 0.3) is 28.5 Å². The van der Waals surface area contributed by atoms with Crippen molar-refractivity contribution in [3.05, 3.63) is 57.6 Å². The molecule has 1 aliphatic rings. The van der Waals surface area contributed by atoms with Gasteiger partial charge in [0.15, 0.2) is 0 Å². The maximum absolute atomic E-state index is 13.5. The van der Waals surface area contributed by atoms with Gasteiger partial charge >= 0.3 is 12.4 Å². The monoisotopic (exact) mass is 498 g/mol. The van der Waals surface area contributed by atoms with Crippen molar-refractivity contribution in [2.75, 3.05) is 13.1 Å². The molecule has 1 aliphatic heterocycles. The maximum atomic E-state index is 13.5. The molecule has 5 rings (SSSR count). The summed E-state index contributed by atoms with van der Waals surface area (Å²) in [7, 11) is 0. The first-order valence-corrected chi connectivity index (χ1v) is 10.5. The van der Waals surface area contributed by atoms with Gasteiger partial charge in [-0.05, 0) is 44.1 Å². The molecule has 0 atom stereocenters. The fraction of sp³-hybridized carbons (Fsp3) is 0.333. The van der Waals surface area contributed by atoms with Crippen molar-refractivity contribution in [2.24, 2.45) is 0 Å². The van der Waals surface area contributed by atoms with Gasteiger partial charge in [0.25, 0.3) is 11.4 Å². The van der Waals surface area contributed by atoms with Crippen molar-refractivity contribution in [3.8, 4) is 22.8 Å². The Morgan fingerprint density at radius 2 is 1.74 bits per heavy atom. The average Bonchev–Trinajstić information content (AvgIpc) is 3.44. The molecule has 0 amide bonds. The van der Waals surface area contributed by atoms with E-state index in [0.717, 1.165) is 25.9 Å². The van der Waals surface area contributed by atoms with Crippen LogP contribution >= 0.6 is 0 Å². The molecule has 184 valence electrons. The topological polar surface area (TPSA) is 101 Å². The Morgan fingerprint density at radius 1 is 1.00 bits per heavy atom. The van der Waals surface area contributed by atoms with E-state index >= 15 is 0 Å². The number of alkyl halides is 6. The largest absolute Gasteiger partial charge is 0.417 e. The third-order valence-corrected chi connectivity index (χ3v) is 5.84. The second-order valence-electron chi connectivity index (χ2n) is 8.08. The van der Waals surface area contributed by atoms with Gasteiger partial charge in [-0.25, -0.2) is 4.52 Å². The van der Waals surface area contributed by atoms with Crippen molar-refractivity contribution in [2.45, 2.75) is 31.1 Å². The number of hydrogen-bond donors (Lipinski definition) is 2. The summed E-state index contributed by atoms with van der Waals surface area (Å²) < 4.78 is 86.2. The molecule has 4 aromatic rings. The minimum absolute atomic E-state index is 0.00345. The molecule has 0 saturated carbocycles. The van der Waals surface area contributed by atoms with Crippen molar-refractivity contribution >= 4 is 5.65 Å². The molecule has 1 aromatic carbocycles. The van der Waals surface area contributed by atoms with Crippen LogP contribution in [-0.2, 0) is 12.4 Å². The summed E-state index contributed by atoms with van der Waals surface area (Å²) >= 11 is 0. The Balaban J connectivity index is 1.58. The fourth-order valence-electron chi connectivity index (χ4n) is 4.17. The second kappa shape index (κ2) is 8.22. The third-order valence-electron chi connectivity index (χ3n) is 5.84. The van der Waals surface area contributed by atoms with E-state index in [4.69, 9.17) is 4.52 Å². The zero-order valence-electron chi connectivity index (χ0n) is 17.7. The first kappa shape index (κ1) is 23.1. The van der Waals surface area contributed by atoms with Crippen LogP contribution in [0, 0.1) is 0 Å². The molecule has 4 heterocycles. The molecule has 3 aromatic heterocycles. The second-order valence-corrected chi connectivity index (χ2v) is 8.08. The summed E-state index contributed by atoms with van der Waals surface area (Å²) in [4.78, 5) is 18.9. The molecule has 8 nitrogen and oxygen atoms in total. The number of fused-ring (bicyclic) bond motifs is 1. The molecule has 1 saturated heterocycles.